The molecule has 0 saturated heterocycles. The van der Waals surface area contributed by atoms with E-state index >= 15 is 0 Å². The summed E-state index contributed by atoms with van der Waals surface area (Å²) in [6.45, 7) is 2.97. The molecule has 0 radical (unpaired) electrons. The second-order valence-electron chi connectivity index (χ2n) is 3.05. The van der Waals surface area contributed by atoms with E-state index in [-0.39, 0.29) is 0 Å². The van der Waals surface area contributed by atoms with Gasteiger partial charge in [0.15, 0.2) is 0 Å². The lowest BCUT2D eigenvalue weighted by Crippen LogP contribution is -2.05. The molecule has 1 N–H and O–H groups in total. The second kappa shape index (κ2) is 4.00. The van der Waals surface area contributed by atoms with Gasteiger partial charge in [-0.2, -0.15) is 0 Å². The average Bonchev–Trinajstić information content (AvgIpc) is 2.26. The number of anilines is 1. The van der Waals surface area contributed by atoms with Crippen LogP contribution >= 0.6 is 0 Å². The topological polar surface area (TPSA) is 50.7 Å². The van der Waals surface area contributed by atoms with Crippen LogP contribution in [0, 0.1) is 0 Å². The van der Waals surface area contributed by atoms with Crippen LogP contribution in [0.25, 0.3) is 11.0 Å². The number of nitrogens with zero attached hydrogens (tertiary/aromatic N) is 3. The molecule has 1 aromatic heterocycles. The van der Waals surface area contributed by atoms with Crippen molar-refractivity contribution in [2.75, 3.05) is 11.9 Å². The normalized spacial score (nSPS) is 10.4. The largest absolute Gasteiger partial charge is 0.353 e. The van der Waals surface area contributed by atoms with Crippen LogP contribution in [-0.4, -0.2) is 21.7 Å². The van der Waals surface area contributed by atoms with E-state index in [0.717, 1.165) is 24.0 Å². The van der Waals surface area contributed by atoms with Crippen LogP contribution in [0.15, 0.2) is 24.3 Å². The molecule has 0 aliphatic rings. The molecule has 0 amide bonds. The number of benzene rings is 1. The number of fused-ring (bicyclic) bond motifs is 1. The zero-order valence-electron chi connectivity index (χ0n) is 8.07. The van der Waals surface area contributed by atoms with Crippen molar-refractivity contribution in [3.8, 4) is 0 Å². The van der Waals surface area contributed by atoms with E-state index in [2.05, 4.69) is 27.4 Å². The lowest BCUT2D eigenvalue weighted by molar-refractivity contribution is 0.930. The Balaban J connectivity index is 2.32. The van der Waals surface area contributed by atoms with Crippen molar-refractivity contribution in [3.05, 3.63) is 24.3 Å². The fourth-order valence-electron chi connectivity index (χ4n) is 1.19. The van der Waals surface area contributed by atoms with Crippen LogP contribution in [-0.2, 0) is 0 Å². The molecular weight excluding hydrogens is 176 g/mol. The van der Waals surface area contributed by atoms with Crippen molar-refractivity contribution in [2.45, 2.75) is 13.3 Å². The molecule has 0 aliphatic heterocycles. The van der Waals surface area contributed by atoms with Crippen LogP contribution in [0.1, 0.15) is 13.3 Å². The van der Waals surface area contributed by atoms with Crippen molar-refractivity contribution >= 4 is 17.0 Å². The van der Waals surface area contributed by atoms with Crippen molar-refractivity contribution < 1.29 is 0 Å². The van der Waals surface area contributed by atoms with Gasteiger partial charge in [0, 0.05) is 6.54 Å². The van der Waals surface area contributed by atoms with Crippen molar-refractivity contribution in [1.29, 1.82) is 0 Å². The van der Waals surface area contributed by atoms with Crippen LogP contribution in [0.5, 0.6) is 0 Å². The molecule has 14 heavy (non-hydrogen) atoms. The molecule has 0 atom stereocenters. The molecule has 2 aromatic rings. The van der Waals surface area contributed by atoms with Gasteiger partial charge >= 0.3 is 0 Å². The summed E-state index contributed by atoms with van der Waals surface area (Å²) in [7, 11) is 0. The molecule has 2 rings (SSSR count). The van der Waals surface area contributed by atoms with Gasteiger partial charge in [0.25, 0.3) is 0 Å². The summed E-state index contributed by atoms with van der Waals surface area (Å²) in [6.07, 6.45) is 1.05. The standard InChI is InChI=1S/C10H12N4/c1-2-7-11-10-12-8-5-3-4-6-9(8)13-14-10/h3-6H,2,7H2,1H3,(H,11,12,14). The Hall–Kier alpha value is -1.71. The van der Waals surface area contributed by atoms with Crippen LogP contribution < -0.4 is 5.32 Å². The van der Waals surface area contributed by atoms with Gasteiger partial charge in [0.05, 0.1) is 5.52 Å². The molecule has 0 spiro atoms. The molecule has 0 unspecified atom stereocenters. The zero-order chi connectivity index (χ0) is 9.80. The lowest BCUT2D eigenvalue weighted by atomic mass is 10.3. The zero-order valence-corrected chi connectivity index (χ0v) is 8.07. The summed E-state index contributed by atoms with van der Waals surface area (Å²) < 4.78 is 0. The van der Waals surface area contributed by atoms with Crippen molar-refractivity contribution in [3.63, 3.8) is 0 Å². The number of aromatic nitrogens is 3. The lowest BCUT2D eigenvalue weighted by Gasteiger charge is -2.01. The van der Waals surface area contributed by atoms with E-state index in [4.69, 9.17) is 0 Å². The first-order valence-electron chi connectivity index (χ1n) is 4.73. The Morgan fingerprint density at radius 1 is 1.14 bits per heavy atom. The van der Waals surface area contributed by atoms with Gasteiger partial charge in [-0.25, -0.2) is 4.98 Å². The maximum absolute atomic E-state index is 4.33. The number of hydrogen-bond donors (Lipinski definition) is 1. The second-order valence-corrected chi connectivity index (χ2v) is 3.05. The third kappa shape index (κ3) is 1.79. The maximum Gasteiger partial charge on any atom is 0.243 e. The molecule has 4 heteroatoms. The Kier molecular flexibility index (Phi) is 2.53. The Morgan fingerprint density at radius 3 is 2.71 bits per heavy atom. The quantitative estimate of drug-likeness (QED) is 0.798. The summed E-state index contributed by atoms with van der Waals surface area (Å²) in [5.41, 5.74) is 1.70. The summed E-state index contributed by atoms with van der Waals surface area (Å²) in [5, 5.41) is 11.1. The molecule has 72 valence electrons. The van der Waals surface area contributed by atoms with Gasteiger partial charge in [-0.1, -0.05) is 19.1 Å². The molecule has 0 fully saturated rings. The fourth-order valence-corrected chi connectivity index (χ4v) is 1.19. The Labute approximate surface area is 82.4 Å². The van der Waals surface area contributed by atoms with Crippen molar-refractivity contribution in [2.24, 2.45) is 0 Å². The predicted octanol–water partition coefficient (Wildman–Crippen LogP) is 1.85. The van der Waals surface area contributed by atoms with E-state index in [0.29, 0.717) is 5.95 Å². The fraction of sp³-hybridized carbons (Fsp3) is 0.300. The van der Waals surface area contributed by atoms with E-state index in [1.165, 1.54) is 0 Å². The molecule has 1 heterocycles. The molecule has 1 aromatic carbocycles. The first-order valence-corrected chi connectivity index (χ1v) is 4.73. The highest BCUT2D eigenvalue weighted by atomic mass is 15.2. The minimum absolute atomic E-state index is 0.602. The highest BCUT2D eigenvalue weighted by Gasteiger charge is 1.98. The highest BCUT2D eigenvalue weighted by molar-refractivity contribution is 5.73. The first-order chi connectivity index (χ1) is 6.90. The molecule has 0 bridgehead atoms. The number of nitrogens with one attached hydrogen (secondary N) is 1. The Bertz CT molecular complexity index is 427. The van der Waals surface area contributed by atoms with Crippen LogP contribution in [0.2, 0.25) is 0 Å². The van der Waals surface area contributed by atoms with Gasteiger partial charge in [-0.15, -0.1) is 10.2 Å². The summed E-state index contributed by atoms with van der Waals surface area (Å²) in [6, 6.07) is 7.71. The number of hydrogen-bond acceptors (Lipinski definition) is 4. The van der Waals surface area contributed by atoms with E-state index in [1.54, 1.807) is 0 Å². The maximum atomic E-state index is 4.33. The first kappa shape index (κ1) is 8.87. The Morgan fingerprint density at radius 2 is 1.93 bits per heavy atom. The SMILES string of the molecule is CCCNc1nnc2ccccc2n1. The van der Waals surface area contributed by atoms with Gasteiger partial charge in [-0.05, 0) is 18.6 Å². The van der Waals surface area contributed by atoms with Gasteiger partial charge in [0.1, 0.15) is 5.52 Å². The number of rotatable bonds is 3. The van der Waals surface area contributed by atoms with Crippen LogP contribution in [0.3, 0.4) is 0 Å². The summed E-state index contributed by atoms with van der Waals surface area (Å²) in [4.78, 5) is 4.33. The third-order valence-electron chi connectivity index (χ3n) is 1.89. The smallest absolute Gasteiger partial charge is 0.243 e. The van der Waals surface area contributed by atoms with Gasteiger partial charge in [0.2, 0.25) is 5.95 Å². The average molecular weight is 188 g/mol. The van der Waals surface area contributed by atoms with E-state index in [1.807, 2.05) is 24.3 Å². The minimum atomic E-state index is 0.602. The molecule has 0 aliphatic carbocycles. The molecule has 0 saturated carbocycles. The summed E-state index contributed by atoms with van der Waals surface area (Å²) in [5.74, 6) is 0.602. The highest BCUT2D eigenvalue weighted by Crippen LogP contribution is 2.08. The molecule has 4 nitrogen and oxygen atoms in total. The van der Waals surface area contributed by atoms with Crippen LogP contribution in [0.4, 0.5) is 5.95 Å². The van der Waals surface area contributed by atoms with Gasteiger partial charge < -0.3 is 5.32 Å². The third-order valence-corrected chi connectivity index (χ3v) is 1.89. The van der Waals surface area contributed by atoms with E-state index in [9.17, 15) is 0 Å². The predicted molar refractivity (Wildman–Crippen MR) is 56.1 cm³/mol. The minimum Gasteiger partial charge on any atom is -0.353 e. The molecular formula is C10H12N4. The van der Waals surface area contributed by atoms with Gasteiger partial charge in [-0.3, -0.25) is 0 Å². The number of para-hydroxylation sites is 1. The summed E-state index contributed by atoms with van der Waals surface area (Å²) >= 11 is 0. The van der Waals surface area contributed by atoms with Crippen molar-refractivity contribution in [1.82, 2.24) is 15.2 Å². The van der Waals surface area contributed by atoms with E-state index < -0.39 is 0 Å². The monoisotopic (exact) mass is 188 g/mol.